The second-order valence-corrected chi connectivity index (χ2v) is 6.25. The van der Waals surface area contributed by atoms with Crippen molar-refractivity contribution in [1.82, 2.24) is 0 Å². The van der Waals surface area contributed by atoms with Crippen molar-refractivity contribution in [1.29, 1.82) is 0 Å². The molecule has 0 spiro atoms. The first kappa shape index (κ1) is 13.1. The molecule has 0 N–H and O–H groups in total. The Bertz CT molecular complexity index is 664. The lowest BCUT2D eigenvalue weighted by Gasteiger charge is -2.14. The summed E-state index contributed by atoms with van der Waals surface area (Å²) in [5, 5.41) is -0.215. The number of rotatable bonds is 1. The average molecular weight is 282 g/mol. The lowest BCUT2D eigenvalue weighted by Crippen LogP contribution is -2.26. The Hall–Kier alpha value is -1.87. The van der Waals surface area contributed by atoms with Crippen LogP contribution in [0.5, 0.6) is 0 Å². The fourth-order valence-electron chi connectivity index (χ4n) is 2.50. The SMILES string of the molecule is CC1Sc2ccccc2C(=O)C(c2ccccc2)C1=O. The molecule has 0 saturated heterocycles. The molecule has 20 heavy (non-hydrogen) atoms. The molecule has 2 unspecified atom stereocenters. The van der Waals surface area contributed by atoms with Crippen molar-refractivity contribution in [3.63, 3.8) is 0 Å². The second-order valence-electron chi connectivity index (χ2n) is 4.87. The number of carbonyl (C=O) groups is 2. The summed E-state index contributed by atoms with van der Waals surface area (Å²) in [6.07, 6.45) is 0. The van der Waals surface area contributed by atoms with Gasteiger partial charge in [-0.05, 0) is 18.6 Å². The van der Waals surface area contributed by atoms with Gasteiger partial charge in [-0.3, -0.25) is 9.59 Å². The topological polar surface area (TPSA) is 34.1 Å². The Morgan fingerprint density at radius 3 is 2.30 bits per heavy atom. The first-order chi connectivity index (χ1) is 9.68. The fraction of sp³-hybridized carbons (Fsp3) is 0.176. The van der Waals surface area contributed by atoms with Crippen molar-refractivity contribution in [2.45, 2.75) is 23.0 Å². The summed E-state index contributed by atoms with van der Waals surface area (Å²) in [5.74, 6) is -0.779. The number of benzene rings is 2. The van der Waals surface area contributed by atoms with Gasteiger partial charge in [0, 0.05) is 10.5 Å². The lowest BCUT2D eigenvalue weighted by molar-refractivity contribution is -0.118. The van der Waals surface area contributed by atoms with Gasteiger partial charge < -0.3 is 0 Å². The summed E-state index contributed by atoms with van der Waals surface area (Å²) in [6, 6.07) is 16.8. The molecule has 0 radical (unpaired) electrons. The minimum absolute atomic E-state index is 0.0117. The number of fused-ring (bicyclic) bond motifs is 1. The molecule has 0 saturated carbocycles. The zero-order valence-corrected chi connectivity index (χ0v) is 11.9. The van der Waals surface area contributed by atoms with E-state index in [-0.39, 0.29) is 16.8 Å². The molecule has 2 atom stereocenters. The molecule has 100 valence electrons. The summed E-state index contributed by atoms with van der Waals surface area (Å²) < 4.78 is 0. The van der Waals surface area contributed by atoms with E-state index in [0.29, 0.717) is 5.56 Å². The summed E-state index contributed by atoms with van der Waals surface area (Å²) in [6.45, 7) is 1.87. The van der Waals surface area contributed by atoms with E-state index in [1.54, 1.807) is 0 Å². The van der Waals surface area contributed by atoms with Gasteiger partial charge in [-0.15, -0.1) is 11.8 Å². The first-order valence-corrected chi connectivity index (χ1v) is 7.45. The zero-order valence-electron chi connectivity index (χ0n) is 11.1. The molecule has 0 aromatic heterocycles. The predicted molar refractivity (Wildman–Crippen MR) is 80.3 cm³/mol. The lowest BCUT2D eigenvalue weighted by atomic mass is 9.86. The third-order valence-corrected chi connectivity index (χ3v) is 4.73. The molecule has 0 aliphatic carbocycles. The molecule has 2 nitrogen and oxygen atoms in total. The third-order valence-electron chi connectivity index (χ3n) is 3.54. The van der Waals surface area contributed by atoms with Crippen molar-refractivity contribution >= 4 is 23.3 Å². The highest BCUT2D eigenvalue weighted by Gasteiger charge is 2.36. The van der Waals surface area contributed by atoms with E-state index < -0.39 is 5.92 Å². The second kappa shape index (κ2) is 5.25. The first-order valence-electron chi connectivity index (χ1n) is 6.57. The number of thioether (sulfide) groups is 1. The smallest absolute Gasteiger partial charge is 0.178 e. The molecular weight excluding hydrogens is 268 g/mol. The van der Waals surface area contributed by atoms with Gasteiger partial charge in [0.25, 0.3) is 0 Å². The van der Waals surface area contributed by atoms with Crippen LogP contribution in [0.1, 0.15) is 28.8 Å². The van der Waals surface area contributed by atoms with Gasteiger partial charge in [-0.25, -0.2) is 0 Å². The van der Waals surface area contributed by atoms with E-state index >= 15 is 0 Å². The predicted octanol–water partition coefficient (Wildman–Crippen LogP) is 3.72. The minimum atomic E-state index is -0.678. The molecule has 2 aromatic rings. The Kier molecular flexibility index (Phi) is 3.45. The molecule has 1 aliphatic rings. The minimum Gasteiger partial charge on any atom is -0.297 e. The van der Waals surface area contributed by atoms with E-state index in [0.717, 1.165) is 10.5 Å². The molecule has 1 heterocycles. The van der Waals surface area contributed by atoms with Gasteiger partial charge in [0.2, 0.25) is 0 Å². The number of hydrogen-bond acceptors (Lipinski definition) is 3. The van der Waals surface area contributed by atoms with Crippen LogP contribution in [0.25, 0.3) is 0 Å². The van der Waals surface area contributed by atoms with E-state index in [1.165, 1.54) is 11.8 Å². The molecule has 3 rings (SSSR count). The molecule has 3 heteroatoms. The Morgan fingerprint density at radius 2 is 1.55 bits per heavy atom. The maximum absolute atomic E-state index is 12.8. The van der Waals surface area contributed by atoms with Crippen LogP contribution in [0.4, 0.5) is 0 Å². The van der Waals surface area contributed by atoms with Crippen molar-refractivity contribution in [3.8, 4) is 0 Å². The van der Waals surface area contributed by atoms with Crippen LogP contribution in [-0.4, -0.2) is 16.8 Å². The van der Waals surface area contributed by atoms with Crippen LogP contribution in [-0.2, 0) is 4.79 Å². The standard InChI is InChI=1S/C17H14O2S/c1-11-16(18)15(12-7-3-2-4-8-12)17(19)13-9-5-6-10-14(13)20-11/h2-11,15H,1H3. The number of ketones is 2. The summed E-state index contributed by atoms with van der Waals surface area (Å²) in [5.41, 5.74) is 1.44. The average Bonchev–Trinajstić information content (AvgIpc) is 2.57. The molecule has 0 fully saturated rings. The van der Waals surface area contributed by atoms with Gasteiger partial charge in [0.1, 0.15) is 5.92 Å². The largest absolute Gasteiger partial charge is 0.297 e. The fourth-order valence-corrected chi connectivity index (χ4v) is 3.59. The highest BCUT2D eigenvalue weighted by Crippen LogP contribution is 2.37. The molecule has 0 amide bonds. The quantitative estimate of drug-likeness (QED) is 0.748. The van der Waals surface area contributed by atoms with Crippen LogP contribution in [0.15, 0.2) is 59.5 Å². The highest BCUT2D eigenvalue weighted by atomic mass is 32.2. The maximum Gasteiger partial charge on any atom is 0.178 e. The maximum atomic E-state index is 12.8. The van der Waals surface area contributed by atoms with Crippen molar-refractivity contribution in [2.75, 3.05) is 0 Å². The Balaban J connectivity index is 2.14. The van der Waals surface area contributed by atoms with Gasteiger partial charge in [0.15, 0.2) is 11.6 Å². The number of Topliss-reactive ketones (excluding diaryl/α,β-unsaturated/α-hetero) is 2. The van der Waals surface area contributed by atoms with Crippen LogP contribution in [0.3, 0.4) is 0 Å². The summed E-state index contributed by atoms with van der Waals surface area (Å²) >= 11 is 1.47. The summed E-state index contributed by atoms with van der Waals surface area (Å²) in [7, 11) is 0. The van der Waals surface area contributed by atoms with E-state index in [2.05, 4.69) is 0 Å². The molecule has 1 aliphatic heterocycles. The van der Waals surface area contributed by atoms with Crippen LogP contribution in [0.2, 0.25) is 0 Å². The monoisotopic (exact) mass is 282 g/mol. The zero-order chi connectivity index (χ0) is 14.1. The molecular formula is C17H14O2S. The number of hydrogen-bond donors (Lipinski definition) is 0. The van der Waals surface area contributed by atoms with Crippen LogP contribution >= 0.6 is 11.8 Å². The van der Waals surface area contributed by atoms with Gasteiger partial charge in [-0.1, -0.05) is 48.5 Å². The van der Waals surface area contributed by atoms with Gasteiger partial charge in [-0.2, -0.15) is 0 Å². The molecule has 0 bridgehead atoms. The van der Waals surface area contributed by atoms with Crippen LogP contribution < -0.4 is 0 Å². The summed E-state index contributed by atoms with van der Waals surface area (Å²) in [4.78, 5) is 26.2. The molecule has 2 aromatic carbocycles. The number of carbonyl (C=O) groups excluding carboxylic acids is 2. The third kappa shape index (κ3) is 2.18. The van der Waals surface area contributed by atoms with Crippen molar-refractivity contribution in [2.24, 2.45) is 0 Å². The van der Waals surface area contributed by atoms with E-state index in [4.69, 9.17) is 0 Å². The van der Waals surface area contributed by atoms with E-state index in [9.17, 15) is 9.59 Å². The van der Waals surface area contributed by atoms with E-state index in [1.807, 2.05) is 61.5 Å². The Labute approximate surface area is 122 Å². The van der Waals surface area contributed by atoms with Crippen LogP contribution in [0, 0.1) is 0 Å². The van der Waals surface area contributed by atoms with Crippen molar-refractivity contribution in [3.05, 3.63) is 65.7 Å². The Morgan fingerprint density at radius 1 is 0.900 bits per heavy atom. The van der Waals surface area contributed by atoms with Gasteiger partial charge in [0.05, 0.1) is 5.25 Å². The normalized spacial score (nSPS) is 22.2. The van der Waals surface area contributed by atoms with Gasteiger partial charge >= 0.3 is 0 Å². The highest BCUT2D eigenvalue weighted by molar-refractivity contribution is 8.00. The van der Waals surface area contributed by atoms with Crippen molar-refractivity contribution < 1.29 is 9.59 Å².